The Kier molecular flexibility index (Phi) is 3.95. The number of nitrogens with zero attached hydrogens (tertiary/aromatic N) is 4. The first kappa shape index (κ1) is 15.4. The summed E-state index contributed by atoms with van der Waals surface area (Å²) in [6.45, 7) is 1.78. The Bertz CT molecular complexity index is 1110. The molecule has 0 atom stereocenters. The molecule has 0 N–H and O–H groups in total. The second kappa shape index (κ2) is 6.41. The number of hydrogen-bond acceptors (Lipinski definition) is 5. The summed E-state index contributed by atoms with van der Waals surface area (Å²) in [5.74, 6) is 0.547. The Morgan fingerprint density at radius 1 is 1.12 bits per heavy atom. The number of thiophene rings is 1. The fourth-order valence-corrected chi connectivity index (χ4v) is 3.60. The smallest absolute Gasteiger partial charge is 0.267 e. The Labute approximate surface area is 147 Å². The van der Waals surface area contributed by atoms with E-state index in [0.29, 0.717) is 16.9 Å². The first-order chi connectivity index (χ1) is 12.2. The summed E-state index contributed by atoms with van der Waals surface area (Å²) in [6, 6.07) is 15.4. The molecule has 0 aliphatic rings. The van der Waals surface area contributed by atoms with Crippen LogP contribution >= 0.6 is 11.3 Å². The van der Waals surface area contributed by atoms with E-state index in [0.717, 1.165) is 16.0 Å². The van der Waals surface area contributed by atoms with E-state index in [1.807, 2.05) is 53.9 Å². The lowest BCUT2D eigenvalue weighted by Crippen LogP contribution is -2.20. The standard InChI is InChI=1S/C19H14N4OS/c1-13-22-18-17(16(12-25-18)14-7-3-2-4-8-14)19(24)23(13)21-11-15-9-5-6-10-20-15/h2-12H,1H3. The highest BCUT2D eigenvalue weighted by atomic mass is 32.1. The lowest BCUT2D eigenvalue weighted by molar-refractivity contribution is 0.772. The molecule has 0 saturated carbocycles. The number of fused-ring (bicyclic) bond motifs is 1. The van der Waals surface area contributed by atoms with Crippen molar-refractivity contribution in [2.45, 2.75) is 6.92 Å². The zero-order valence-corrected chi connectivity index (χ0v) is 14.3. The molecule has 4 aromatic rings. The lowest BCUT2D eigenvalue weighted by atomic mass is 10.1. The van der Waals surface area contributed by atoms with Crippen LogP contribution in [0.25, 0.3) is 21.3 Å². The minimum atomic E-state index is -0.171. The molecule has 0 saturated heterocycles. The van der Waals surface area contributed by atoms with Gasteiger partial charge in [-0.3, -0.25) is 9.78 Å². The first-order valence-corrected chi connectivity index (χ1v) is 8.63. The number of rotatable bonds is 3. The van der Waals surface area contributed by atoms with Gasteiger partial charge in [0, 0.05) is 17.1 Å². The normalized spacial score (nSPS) is 11.4. The van der Waals surface area contributed by atoms with Crippen LogP contribution in [0.4, 0.5) is 0 Å². The molecular weight excluding hydrogens is 332 g/mol. The molecule has 0 spiro atoms. The third-order valence-corrected chi connectivity index (χ3v) is 4.70. The summed E-state index contributed by atoms with van der Waals surface area (Å²) < 4.78 is 1.33. The predicted molar refractivity (Wildman–Crippen MR) is 101 cm³/mol. The Hall–Kier alpha value is -3.12. The van der Waals surface area contributed by atoms with Gasteiger partial charge >= 0.3 is 0 Å². The summed E-state index contributed by atoms with van der Waals surface area (Å²) in [6.07, 6.45) is 3.25. The van der Waals surface area contributed by atoms with Gasteiger partial charge in [-0.2, -0.15) is 9.78 Å². The Balaban J connectivity index is 1.89. The minimum Gasteiger partial charge on any atom is -0.267 e. The van der Waals surface area contributed by atoms with Crippen LogP contribution in [0.3, 0.4) is 0 Å². The summed E-state index contributed by atoms with van der Waals surface area (Å²) in [4.78, 5) is 22.5. The van der Waals surface area contributed by atoms with E-state index in [1.165, 1.54) is 16.0 Å². The van der Waals surface area contributed by atoms with Gasteiger partial charge in [0.25, 0.3) is 5.56 Å². The molecule has 1 aromatic carbocycles. The molecule has 25 heavy (non-hydrogen) atoms. The average Bonchev–Trinajstić information content (AvgIpc) is 3.07. The van der Waals surface area contributed by atoms with Gasteiger partial charge in [0.15, 0.2) is 0 Å². The molecule has 3 heterocycles. The van der Waals surface area contributed by atoms with Crippen molar-refractivity contribution >= 4 is 27.8 Å². The van der Waals surface area contributed by atoms with Gasteiger partial charge in [-0.25, -0.2) is 4.98 Å². The van der Waals surface area contributed by atoms with Gasteiger partial charge in [0.1, 0.15) is 10.7 Å². The number of benzene rings is 1. The molecule has 0 unspecified atom stereocenters. The summed E-state index contributed by atoms with van der Waals surface area (Å²) in [5, 5.41) is 6.87. The highest BCUT2D eigenvalue weighted by Gasteiger charge is 2.14. The maximum Gasteiger partial charge on any atom is 0.283 e. The van der Waals surface area contributed by atoms with Crippen LogP contribution < -0.4 is 5.56 Å². The number of aromatic nitrogens is 3. The second-order valence-electron chi connectivity index (χ2n) is 5.47. The van der Waals surface area contributed by atoms with E-state index in [4.69, 9.17) is 0 Å². The fraction of sp³-hybridized carbons (Fsp3) is 0.0526. The van der Waals surface area contributed by atoms with Gasteiger partial charge in [-0.05, 0) is 24.6 Å². The van der Waals surface area contributed by atoms with Crippen molar-refractivity contribution < 1.29 is 0 Å². The number of aryl methyl sites for hydroxylation is 1. The molecule has 122 valence electrons. The van der Waals surface area contributed by atoms with Crippen LogP contribution in [0.1, 0.15) is 11.5 Å². The SMILES string of the molecule is Cc1nc2scc(-c3ccccc3)c2c(=O)n1N=Cc1ccccn1. The van der Waals surface area contributed by atoms with Crippen LogP contribution in [0.15, 0.2) is 70.0 Å². The predicted octanol–water partition coefficient (Wildman–Crippen LogP) is 3.71. The molecule has 0 radical (unpaired) electrons. The number of hydrogen-bond donors (Lipinski definition) is 0. The summed E-state index contributed by atoms with van der Waals surface area (Å²) >= 11 is 1.47. The van der Waals surface area contributed by atoms with Crippen molar-refractivity contribution in [2.24, 2.45) is 5.10 Å². The third kappa shape index (κ3) is 2.88. The van der Waals surface area contributed by atoms with Crippen molar-refractivity contribution in [3.63, 3.8) is 0 Å². The van der Waals surface area contributed by atoms with Crippen LogP contribution in [-0.2, 0) is 0 Å². The van der Waals surface area contributed by atoms with Crippen molar-refractivity contribution in [1.29, 1.82) is 0 Å². The van der Waals surface area contributed by atoms with E-state index in [9.17, 15) is 4.79 Å². The van der Waals surface area contributed by atoms with Crippen LogP contribution in [-0.4, -0.2) is 20.9 Å². The van der Waals surface area contributed by atoms with Gasteiger partial charge in [0.2, 0.25) is 0 Å². The van der Waals surface area contributed by atoms with Gasteiger partial charge in [-0.1, -0.05) is 36.4 Å². The molecule has 3 aromatic heterocycles. The maximum atomic E-state index is 13.0. The van der Waals surface area contributed by atoms with Crippen molar-refractivity contribution in [3.8, 4) is 11.1 Å². The highest BCUT2D eigenvalue weighted by molar-refractivity contribution is 7.17. The molecular formula is C19H14N4OS. The quantitative estimate of drug-likeness (QED) is 0.531. The van der Waals surface area contributed by atoms with E-state index < -0.39 is 0 Å². The van der Waals surface area contributed by atoms with Crippen LogP contribution in [0.5, 0.6) is 0 Å². The molecule has 0 aliphatic carbocycles. The largest absolute Gasteiger partial charge is 0.283 e. The third-order valence-electron chi connectivity index (χ3n) is 3.83. The van der Waals surface area contributed by atoms with E-state index in [2.05, 4.69) is 15.1 Å². The van der Waals surface area contributed by atoms with Crippen LogP contribution in [0, 0.1) is 6.92 Å². The van der Waals surface area contributed by atoms with E-state index in [-0.39, 0.29) is 5.56 Å². The molecule has 0 bridgehead atoms. The van der Waals surface area contributed by atoms with Crippen LogP contribution in [0.2, 0.25) is 0 Å². The van der Waals surface area contributed by atoms with Gasteiger partial charge in [-0.15, -0.1) is 11.3 Å². The molecule has 6 heteroatoms. The Morgan fingerprint density at radius 3 is 2.68 bits per heavy atom. The molecule has 0 aliphatic heterocycles. The average molecular weight is 346 g/mol. The zero-order valence-electron chi connectivity index (χ0n) is 13.5. The molecule has 0 amide bonds. The van der Waals surface area contributed by atoms with Crippen molar-refractivity contribution in [3.05, 3.63) is 82.0 Å². The van der Waals surface area contributed by atoms with E-state index >= 15 is 0 Å². The van der Waals surface area contributed by atoms with E-state index in [1.54, 1.807) is 19.3 Å². The summed E-state index contributed by atoms with van der Waals surface area (Å²) in [5.41, 5.74) is 2.40. The molecule has 5 nitrogen and oxygen atoms in total. The maximum absolute atomic E-state index is 13.0. The topological polar surface area (TPSA) is 60.1 Å². The second-order valence-corrected chi connectivity index (χ2v) is 6.33. The molecule has 4 rings (SSSR count). The van der Waals surface area contributed by atoms with Crippen molar-refractivity contribution in [2.75, 3.05) is 0 Å². The first-order valence-electron chi connectivity index (χ1n) is 7.76. The number of pyridine rings is 1. The fourth-order valence-electron chi connectivity index (χ4n) is 2.62. The highest BCUT2D eigenvalue weighted by Crippen LogP contribution is 2.30. The zero-order chi connectivity index (χ0) is 17.2. The summed E-state index contributed by atoms with van der Waals surface area (Å²) in [7, 11) is 0. The molecule has 0 fully saturated rings. The monoisotopic (exact) mass is 346 g/mol. The van der Waals surface area contributed by atoms with Gasteiger partial charge in [0.05, 0.1) is 17.3 Å². The lowest BCUT2D eigenvalue weighted by Gasteiger charge is -2.04. The Morgan fingerprint density at radius 2 is 1.92 bits per heavy atom. The minimum absolute atomic E-state index is 0.171. The van der Waals surface area contributed by atoms with Gasteiger partial charge < -0.3 is 0 Å². The van der Waals surface area contributed by atoms with Crippen molar-refractivity contribution in [1.82, 2.24) is 14.6 Å².